The third-order valence-corrected chi connectivity index (χ3v) is 12.1. The van der Waals surface area contributed by atoms with E-state index in [2.05, 4.69) is 26.6 Å². The van der Waals surface area contributed by atoms with Crippen molar-refractivity contribution in [1.29, 1.82) is 0 Å². The first-order valence-electron chi connectivity index (χ1n) is 23.3. The monoisotopic (exact) mass is 979 g/mol. The van der Waals surface area contributed by atoms with Crippen molar-refractivity contribution in [1.82, 2.24) is 46.2 Å². The second kappa shape index (κ2) is 31.0. The van der Waals surface area contributed by atoms with Gasteiger partial charge in [0.25, 0.3) is 6.47 Å². The molecule has 1 heterocycles. The molecule has 0 aromatic heterocycles. The van der Waals surface area contributed by atoms with Crippen LogP contribution in [0, 0.1) is 11.8 Å². The summed E-state index contributed by atoms with van der Waals surface area (Å²) < 4.78 is 4.90. The summed E-state index contributed by atoms with van der Waals surface area (Å²) in [6, 6.07) is -3.33. The van der Waals surface area contributed by atoms with Gasteiger partial charge in [-0.2, -0.15) is 0 Å². The summed E-state index contributed by atoms with van der Waals surface area (Å²) in [5.74, 6) is -6.99. The molecule has 2 fully saturated rings. The van der Waals surface area contributed by atoms with E-state index in [1.807, 2.05) is 23.1 Å². The zero-order valence-electron chi connectivity index (χ0n) is 38.9. The van der Waals surface area contributed by atoms with Gasteiger partial charge in [0.2, 0.25) is 17.7 Å². The number of carboxylic acid groups (broad SMARTS) is 5. The molecule has 25 nitrogen and oxygen atoms in total. The number of hydrogen-bond donors (Lipinski definition) is 10. The normalized spacial score (nSPS) is 20.0. The molecule has 2 aliphatic carbocycles. The van der Waals surface area contributed by atoms with Crippen molar-refractivity contribution in [2.45, 2.75) is 88.9 Å². The van der Waals surface area contributed by atoms with Gasteiger partial charge in [-0.05, 0) is 62.9 Å². The lowest BCUT2D eigenvalue weighted by molar-refractivity contribution is -0.141. The van der Waals surface area contributed by atoms with Crippen LogP contribution in [0.3, 0.4) is 0 Å². The van der Waals surface area contributed by atoms with Crippen molar-refractivity contribution < 1.29 is 78.2 Å². The molecule has 10 N–H and O–H groups in total. The van der Waals surface area contributed by atoms with E-state index in [0.717, 1.165) is 5.57 Å². The largest absolute Gasteiger partial charge is 0.481 e. The Balaban J connectivity index is 1.48. The number of rotatable bonds is 28. The van der Waals surface area contributed by atoms with Crippen molar-refractivity contribution in [2.75, 3.05) is 91.6 Å². The maximum absolute atomic E-state index is 13.6. The highest BCUT2D eigenvalue weighted by atomic mass is 16.5. The summed E-state index contributed by atoms with van der Waals surface area (Å²) in [5, 5.41) is 59.8. The third kappa shape index (κ3) is 24.1. The van der Waals surface area contributed by atoms with Gasteiger partial charge in [-0.3, -0.25) is 58.0 Å². The fourth-order valence-electron chi connectivity index (χ4n) is 8.23. The molecule has 386 valence electrons. The fourth-order valence-corrected chi connectivity index (χ4v) is 8.23. The summed E-state index contributed by atoms with van der Waals surface area (Å²) >= 11 is 0. The quantitative estimate of drug-likeness (QED) is 0.0243. The first kappa shape index (κ1) is 57.1. The summed E-state index contributed by atoms with van der Waals surface area (Å²) in [6.45, 7) is 2.07. The van der Waals surface area contributed by atoms with E-state index in [4.69, 9.17) is 9.84 Å². The molecule has 1 aliphatic heterocycles. The molecule has 0 radical (unpaired) electrons. The van der Waals surface area contributed by atoms with Gasteiger partial charge < -0.3 is 56.9 Å². The van der Waals surface area contributed by atoms with Crippen molar-refractivity contribution in [3.8, 4) is 0 Å². The lowest BCUT2D eigenvalue weighted by Crippen LogP contribution is -2.50. The summed E-state index contributed by atoms with van der Waals surface area (Å²) in [6.07, 6.45) is 8.02. The standard InChI is InChI=1S/C44H69N9O16/c54-29-69-36(49-44(68)48-33(43(66)67)12-13-37(56)57)7-3-4-14-45-42(65)34(23-30-5-1-2-6-30)47-41(64)32-10-8-31(9-11-32)24-46-35(55)25-50-15-17-51(26-38(58)59)19-21-53(28-40(62)63)22-20-52(18-16-50)27-39(60)61/h1,5-6,29,31-34,36H,2-4,7-28H2,(H,45,65)(H,46,55)(H,47,64)(H,56,57)(H,58,59)(H,60,61)(H,62,63)(H,66,67)(H2,48,49,68)/t31-,32-,33-,34-,36+/m0/s1. The van der Waals surface area contributed by atoms with Crippen LogP contribution in [0.2, 0.25) is 0 Å². The van der Waals surface area contributed by atoms with E-state index >= 15 is 0 Å². The van der Waals surface area contributed by atoms with Crippen LogP contribution in [0.4, 0.5) is 4.79 Å². The van der Waals surface area contributed by atoms with Gasteiger partial charge in [-0.25, -0.2) is 9.59 Å². The number of ether oxygens (including phenoxy) is 1. The molecule has 1 saturated heterocycles. The topological polar surface area (TPSA) is 354 Å². The van der Waals surface area contributed by atoms with Crippen molar-refractivity contribution >= 4 is 60.1 Å². The number of unbranched alkanes of at least 4 members (excludes halogenated alkanes) is 1. The smallest absolute Gasteiger partial charge is 0.326 e. The molecule has 69 heavy (non-hydrogen) atoms. The van der Waals surface area contributed by atoms with Crippen LogP contribution < -0.4 is 26.6 Å². The molecule has 0 bridgehead atoms. The molecule has 3 aliphatic rings. The molecular weight excluding hydrogens is 911 g/mol. The molecule has 0 aromatic rings. The summed E-state index contributed by atoms with van der Waals surface area (Å²) in [4.78, 5) is 128. The van der Waals surface area contributed by atoms with E-state index < -0.39 is 66.5 Å². The van der Waals surface area contributed by atoms with Gasteiger partial charge in [-0.1, -0.05) is 18.2 Å². The molecule has 0 unspecified atom stereocenters. The lowest BCUT2D eigenvalue weighted by Gasteiger charge is -2.33. The molecule has 3 atom stereocenters. The summed E-state index contributed by atoms with van der Waals surface area (Å²) in [5.41, 5.74) is 0.897. The average Bonchev–Trinajstić information content (AvgIpc) is 3.80. The maximum Gasteiger partial charge on any atom is 0.326 e. The number of hydrogen-bond acceptors (Lipinski definition) is 15. The predicted octanol–water partition coefficient (Wildman–Crippen LogP) is -1.45. The number of carbonyl (C=O) groups excluding carboxylic acids is 5. The van der Waals surface area contributed by atoms with Crippen LogP contribution in [0.15, 0.2) is 23.8 Å². The van der Waals surface area contributed by atoms with Crippen LogP contribution in [0.25, 0.3) is 0 Å². The van der Waals surface area contributed by atoms with Crippen molar-refractivity contribution in [3.05, 3.63) is 23.8 Å². The Morgan fingerprint density at radius 3 is 1.68 bits per heavy atom. The average molecular weight is 980 g/mol. The minimum atomic E-state index is -1.48. The van der Waals surface area contributed by atoms with Gasteiger partial charge in [0.1, 0.15) is 12.1 Å². The number of aliphatic carboxylic acids is 5. The first-order valence-corrected chi connectivity index (χ1v) is 23.3. The van der Waals surface area contributed by atoms with Crippen molar-refractivity contribution in [2.24, 2.45) is 11.8 Å². The van der Waals surface area contributed by atoms with Gasteiger partial charge in [0.05, 0.1) is 26.2 Å². The Bertz CT molecular complexity index is 1790. The zero-order valence-corrected chi connectivity index (χ0v) is 38.9. The minimum absolute atomic E-state index is 0.0137. The molecule has 25 heteroatoms. The van der Waals surface area contributed by atoms with E-state index in [-0.39, 0.29) is 121 Å². The second-order valence-electron chi connectivity index (χ2n) is 17.4. The highest BCUT2D eigenvalue weighted by molar-refractivity contribution is 5.89. The van der Waals surface area contributed by atoms with E-state index in [1.54, 1.807) is 14.7 Å². The Kier molecular flexibility index (Phi) is 25.7. The number of nitrogens with zero attached hydrogens (tertiary/aromatic N) is 4. The van der Waals surface area contributed by atoms with Gasteiger partial charge in [0, 0.05) is 90.6 Å². The Hall–Kier alpha value is -6.18. The van der Waals surface area contributed by atoms with Gasteiger partial charge in [0.15, 0.2) is 6.23 Å². The maximum atomic E-state index is 13.6. The highest BCUT2D eigenvalue weighted by Crippen LogP contribution is 2.29. The predicted molar refractivity (Wildman–Crippen MR) is 243 cm³/mol. The molecule has 1 saturated carbocycles. The number of urea groups is 1. The van der Waals surface area contributed by atoms with Crippen LogP contribution >= 0.6 is 0 Å². The van der Waals surface area contributed by atoms with Crippen LogP contribution in [-0.4, -0.2) is 215 Å². The summed E-state index contributed by atoms with van der Waals surface area (Å²) in [7, 11) is 0. The van der Waals surface area contributed by atoms with Crippen LogP contribution in [-0.2, 0) is 47.9 Å². The Morgan fingerprint density at radius 2 is 1.20 bits per heavy atom. The second-order valence-corrected chi connectivity index (χ2v) is 17.4. The van der Waals surface area contributed by atoms with Gasteiger partial charge in [-0.15, -0.1) is 0 Å². The number of carbonyl (C=O) groups is 10. The minimum Gasteiger partial charge on any atom is -0.481 e. The van der Waals surface area contributed by atoms with Crippen LogP contribution in [0.1, 0.15) is 70.6 Å². The van der Waals surface area contributed by atoms with Crippen LogP contribution in [0.5, 0.6) is 0 Å². The number of nitrogens with one attached hydrogen (secondary N) is 5. The zero-order chi connectivity index (χ0) is 50.7. The Morgan fingerprint density at radius 1 is 0.652 bits per heavy atom. The third-order valence-electron chi connectivity index (χ3n) is 12.1. The first-order chi connectivity index (χ1) is 32.9. The Labute approximate surface area is 400 Å². The van der Waals surface area contributed by atoms with Gasteiger partial charge >= 0.3 is 35.9 Å². The SMILES string of the molecule is O=CO[C@H](CCCCNC(=O)[C@H](CC1=CCC=C1)NC(=O)[C@H]1CC[C@H](CNC(=O)CN2CCN(CC(=O)O)CCN(CC(=O)O)CCN(CC(=O)O)CC2)CC1)NC(=O)N[C@@H](CCC(=O)O)C(=O)O. The molecule has 0 aromatic carbocycles. The fraction of sp³-hybridized carbons (Fsp3) is 0.682. The van der Waals surface area contributed by atoms with E-state index in [1.165, 1.54) is 0 Å². The van der Waals surface area contributed by atoms with Crippen molar-refractivity contribution in [3.63, 3.8) is 0 Å². The molecule has 3 rings (SSSR count). The lowest BCUT2D eigenvalue weighted by atomic mass is 9.81. The molecule has 0 spiro atoms. The van der Waals surface area contributed by atoms with E-state index in [0.29, 0.717) is 64.6 Å². The number of amides is 5. The number of allylic oxidation sites excluding steroid dienone is 3. The molecule has 5 amide bonds. The number of carboxylic acids is 5. The van der Waals surface area contributed by atoms with E-state index in [9.17, 15) is 68.4 Å². The highest BCUT2D eigenvalue weighted by Gasteiger charge is 2.31. The molecular formula is C44H69N9O16.